The summed E-state index contributed by atoms with van der Waals surface area (Å²) in [6, 6.07) is 7.61. The second kappa shape index (κ2) is 11.3. The summed E-state index contributed by atoms with van der Waals surface area (Å²) < 4.78 is 5.52. The standard InChI is InChI=1S/C17H28N2O2/c1-2-3-4-5-12-21-13-6-7-17(20)19-16-10-8-15(14-18)9-11-16/h8-11H,2-7,12-14,18H2,1H3,(H,19,20). The van der Waals surface area contributed by atoms with Crippen LogP contribution in [0.5, 0.6) is 0 Å². The van der Waals surface area contributed by atoms with Crippen molar-refractivity contribution in [3.63, 3.8) is 0 Å². The number of benzene rings is 1. The van der Waals surface area contributed by atoms with Gasteiger partial charge >= 0.3 is 0 Å². The average Bonchev–Trinajstić information content (AvgIpc) is 2.50. The predicted molar refractivity (Wildman–Crippen MR) is 87.2 cm³/mol. The molecular formula is C17H28N2O2. The van der Waals surface area contributed by atoms with Gasteiger partial charge in [0.2, 0.25) is 5.91 Å². The summed E-state index contributed by atoms with van der Waals surface area (Å²) in [6.45, 7) is 4.18. The Morgan fingerprint density at radius 1 is 1.10 bits per heavy atom. The molecule has 0 saturated heterocycles. The molecule has 0 bridgehead atoms. The van der Waals surface area contributed by atoms with Crippen LogP contribution in [0.1, 0.15) is 51.0 Å². The lowest BCUT2D eigenvalue weighted by Gasteiger charge is -2.07. The van der Waals surface area contributed by atoms with E-state index in [1.54, 1.807) is 0 Å². The minimum atomic E-state index is 0.0325. The minimum absolute atomic E-state index is 0.0325. The van der Waals surface area contributed by atoms with Crippen LogP contribution in [0.2, 0.25) is 0 Å². The van der Waals surface area contributed by atoms with Gasteiger partial charge in [-0.15, -0.1) is 0 Å². The number of hydrogen-bond donors (Lipinski definition) is 2. The van der Waals surface area contributed by atoms with E-state index in [2.05, 4.69) is 12.2 Å². The second-order valence-electron chi connectivity index (χ2n) is 5.23. The molecule has 21 heavy (non-hydrogen) atoms. The van der Waals surface area contributed by atoms with E-state index < -0.39 is 0 Å². The highest BCUT2D eigenvalue weighted by Gasteiger charge is 2.02. The van der Waals surface area contributed by atoms with Gasteiger partial charge in [0.15, 0.2) is 0 Å². The maximum absolute atomic E-state index is 11.7. The molecule has 3 N–H and O–H groups in total. The summed E-state index contributed by atoms with van der Waals surface area (Å²) in [6.07, 6.45) is 6.12. The van der Waals surface area contributed by atoms with Crippen LogP contribution in [0.25, 0.3) is 0 Å². The lowest BCUT2D eigenvalue weighted by Crippen LogP contribution is -2.12. The Labute approximate surface area is 128 Å². The first-order valence-corrected chi connectivity index (χ1v) is 7.93. The van der Waals surface area contributed by atoms with Crippen molar-refractivity contribution in [1.29, 1.82) is 0 Å². The Balaban J connectivity index is 2.05. The first-order chi connectivity index (χ1) is 10.3. The summed E-state index contributed by atoms with van der Waals surface area (Å²) in [5.74, 6) is 0.0325. The van der Waals surface area contributed by atoms with Crippen LogP contribution in [0.4, 0.5) is 5.69 Å². The van der Waals surface area contributed by atoms with E-state index in [0.717, 1.165) is 30.7 Å². The molecule has 4 heteroatoms. The third-order valence-electron chi connectivity index (χ3n) is 3.31. The maximum atomic E-state index is 11.7. The maximum Gasteiger partial charge on any atom is 0.224 e. The number of hydrogen-bond acceptors (Lipinski definition) is 3. The number of anilines is 1. The summed E-state index contributed by atoms with van der Waals surface area (Å²) >= 11 is 0. The molecular weight excluding hydrogens is 264 g/mol. The van der Waals surface area contributed by atoms with Gasteiger partial charge in [-0.1, -0.05) is 38.3 Å². The van der Waals surface area contributed by atoms with Crippen LogP contribution in [0.15, 0.2) is 24.3 Å². The molecule has 1 rings (SSSR count). The molecule has 0 atom stereocenters. The summed E-state index contributed by atoms with van der Waals surface area (Å²) in [4.78, 5) is 11.7. The van der Waals surface area contributed by atoms with Crippen molar-refractivity contribution >= 4 is 11.6 Å². The SMILES string of the molecule is CCCCCCOCCCC(=O)Nc1ccc(CN)cc1. The zero-order valence-corrected chi connectivity index (χ0v) is 13.1. The molecule has 4 nitrogen and oxygen atoms in total. The quantitative estimate of drug-likeness (QED) is 0.614. The van der Waals surface area contributed by atoms with Crippen molar-refractivity contribution < 1.29 is 9.53 Å². The summed E-state index contributed by atoms with van der Waals surface area (Å²) in [5.41, 5.74) is 7.41. The van der Waals surface area contributed by atoms with Gasteiger partial charge in [-0.25, -0.2) is 0 Å². The predicted octanol–water partition coefficient (Wildman–Crippen LogP) is 3.46. The number of carbonyl (C=O) groups is 1. The molecule has 0 saturated carbocycles. The summed E-state index contributed by atoms with van der Waals surface area (Å²) in [7, 11) is 0. The first-order valence-electron chi connectivity index (χ1n) is 7.93. The van der Waals surface area contributed by atoms with Crippen molar-refractivity contribution in [3.05, 3.63) is 29.8 Å². The van der Waals surface area contributed by atoms with Gasteiger partial charge in [0.25, 0.3) is 0 Å². The Hall–Kier alpha value is -1.39. The third-order valence-corrected chi connectivity index (χ3v) is 3.31. The van der Waals surface area contributed by atoms with Gasteiger partial charge in [-0.05, 0) is 30.5 Å². The Morgan fingerprint density at radius 2 is 1.81 bits per heavy atom. The van der Waals surface area contributed by atoms with Gasteiger partial charge in [-0.3, -0.25) is 4.79 Å². The van der Waals surface area contributed by atoms with Crippen molar-refractivity contribution in [2.24, 2.45) is 5.73 Å². The second-order valence-corrected chi connectivity index (χ2v) is 5.23. The van der Waals surface area contributed by atoms with Crippen molar-refractivity contribution in [1.82, 2.24) is 0 Å². The molecule has 0 heterocycles. The topological polar surface area (TPSA) is 64.3 Å². The third kappa shape index (κ3) is 8.48. The number of rotatable bonds is 11. The number of nitrogens with two attached hydrogens (primary N) is 1. The van der Waals surface area contributed by atoms with Crippen LogP contribution in [-0.4, -0.2) is 19.1 Å². The van der Waals surface area contributed by atoms with Crippen LogP contribution in [0.3, 0.4) is 0 Å². The smallest absolute Gasteiger partial charge is 0.224 e. The molecule has 118 valence electrons. The van der Waals surface area contributed by atoms with Crippen molar-refractivity contribution in [2.75, 3.05) is 18.5 Å². The molecule has 0 aliphatic carbocycles. The number of nitrogens with one attached hydrogen (secondary N) is 1. The van der Waals surface area contributed by atoms with Gasteiger partial charge in [-0.2, -0.15) is 0 Å². The lowest BCUT2D eigenvalue weighted by atomic mass is 10.2. The van der Waals surface area contributed by atoms with Crippen LogP contribution in [-0.2, 0) is 16.1 Å². The fraction of sp³-hybridized carbons (Fsp3) is 0.588. The van der Waals surface area contributed by atoms with E-state index in [0.29, 0.717) is 19.6 Å². The molecule has 1 aromatic carbocycles. The van der Waals surface area contributed by atoms with E-state index >= 15 is 0 Å². The van der Waals surface area contributed by atoms with Crippen LogP contribution in [0, 0.1) is 0 Å². The Morgan fingerprint density at radius 3 is 2.48 bits per heavy atom. The normalized spacial score (nSPS) is 10.6. The molecule has 0 aliphatic heterocycles. The molecule has 0 aliphatic rings. The Bertz CT molecular complexity index is 390. The minimum Gasteiger partial charge on any atom is -0.381 e. The van der Waals surface area contributed by atoms with E-state index in [9.17, 15) is 4.79 Å². The number of unbranched alkanes of at least 4 members (excludes halogenated alkanes) is 3. The monoisotopic (exact) mass is 292 g/mol. The molecule has 1 aromatic rings. The Kier molecular flexibility index (Phi) is 9.49. The van der Waals surface area contributed by atoms with Crippen molar-refractivity contribution in [3.8, 4) is 0 Å². The highest BCUT2D eigenvalue weighted by molar-refractivity contribution is 5.90. The molecule has 0 fully saturated rings. The van der Waals surface area contributed by atoms with E-state index in [-0.39, 0.29) is 5.91 Å². The highest BCUT2D eigenvalue weighted by Crippen LogP contribution is 2.09. The average molecular weight is 292 g/mol. The molecule has 0 unspecified atom stereocenters. The van der Waals surface area contributed by atoms with Crippen LogP contribution >= 0.6 is 0 Å². The fourth-order valence-corrected chi connectivity index (χ4v) is 2.02. The van der Waals surface area contributed by atoms with Gasteiger partial charge in [0, 0.05) is 31.9 Å². The van der Waals surface area contributed by atoms with E-state index in [4.69, 9.17) is 10.5 Å². The zero-order chi connectivity index (χ0) is 15.3. The number of amides is 1. The molecule has 0 aromatic heterocycles. The molecule has 0 spiro atoms. The van der Waals surface area contributed by atoms with E-state index in [1.165, 1.54) is 19.3 Å². The number of carbonyl (C=O) groups excluding carboxylic acids is 1. The van der Waals surface area contributed by atoms with Gasteiger partial charge in [0.1, 0.15) is 0 Å². The fourth-order valence-electron chi connectivity index (χ4n) is 2.02. The van der Waals surface area contributed by atoms with Crippen LogP contribution < -0.4 is 11.1 Å². The van der Waals surface area contributed by atoms with Gasteiger partial charge < -0.3 is 15.8 Å². The molecule has 0 radical (unpaired) electrons. The summed E-state index contributed by atoms with van der Waals surface area (Å²) in [5, 5.41) is 2.88. The zero-order valence-electron chi connectivity index (χ0n) is 13.1. The largest absolute Gasteiger partial charge is 0.381 e. The number of ether oxygens (including phenoxy) is 1. The molecule has 1 amide bonds. The van der Waals surface area contributed by atoms with Crippen molar-refractivity contribution in [2.45, 2.75) is 52.0 Å². The van der Waals surface area contributed by atoms with Gasteiger partial charge in [0.05, 0.1) is 0 Å². The highest BCUT2D eigenvalue weighted by atomic mass is 16.5. The lowest BCUT2D eigenvalue weighted by molar-refractivity contribution is -0.116. The first kappa shape index (κ1) is 17.7. The van der Waals surface area contributed by atoms with E-state index in [1.807, 2.05) is 24.3 Å².